The van der Waals surface area contributed by atoms with Crippen molar-refractivity contribution in [3.05, 3.63) is 28.3 Å². The Kier molecular flexibility index (Phi) is 4.45. The van der Waals surface area contributed by atoms with Crippen LogP contribution in [0, 0.1) is 10.1 Å². The second-order valence-corrected chi connectivity index (χ2v) is 6.79. The van der Waals surface area contributed by atoms with Crippen LogP contribution in [-0.4, -0.2) is 43.4 Å². The van der Waals surface area contributed by atoms with E-state index in [0.29, 0.717) is 13.0 Å². The van der Waals surface area contributed by atoms with Crippen molar-refractivity contribution < 1.29 is 18.1 Å². The third-order valence-electron chi connectivity index (χ3n) is 3.21. The van der Waals surface area contributed by atoms with Crippen molar-refractivity contribution in [3.63, 3.8) is 0 Å². The van der Waals surface area contributed by atoms with Gasteiger partial charge in [-0.05, 0) is 25.5 Å². The first-order valence-electron chi connectivity index (χ1n) is 6.48. The summed E-state index contributed by atoms with van der Waals surface area (Å²) < 4.78 is 31.9. The number of benzene rings is 1. The summed E-state index contributed by atoms with van der Waals surface area (Å²) in [5, 5.41) is 11.1. The largest absolute Gasteiger partial charge is 0.399 e. The molecule has 1 atom stereocenters. The molecule has 0 radical (unpaired) electrons. The molecule has 1 aliphatic rings. The van der Waals surface area contributed by atoms with Crippen molar-refractivity contribution in [2.45, 2.75) is 24.3 Å². The summed E-state index contributed by atoms with van der Waals surface area (Å²) in [5.41, 5.74) is 5.14. The van der Waals surface area contributed by atoms with E-state index in [0.717, 1.165) is 6.07 Å². The smallest absolute Gasteiger partial charge is 0.291 e. The molecule has 2 N–H and O–H groups in total. The Morgan fingerprint density at radius 1 is 1.48 bits per heavy atom. The van der Waals surface area contributed by atoms with Crippen LogP contribution in [0.15, 0.2) is 23.1 Å². The fourth-order valence-corrected chi connectivity index (χ4v) is 3.90. The molecule has 1 aromatic rings. The number of ether oxygens (including phenoxy) is 1. The lowest BCUT2D eigenvalue weighted by molar-refractivity contribution is -0.387. The monoisotopic (exact) mass is 315 g/mol. The van der Waals surface area contributed by atoms with Crippen molar-refractivity contribution in [1.29, 1.82) is 0 Å². The van der Waals surface area contributed by atoms with Crippen LogP contribution in [0.5, 0.6) is 0 Å². The lowest BCUT2D eigenvalue weighted by Crippen LogP contribution is -2.36. The van der Waals surface area contributed by atoms with Crippen molar-refractivity contribution >= 4 is 21.4 Å². The van der Waals surface area contributed by atoms with Gasteiger partial charge in [-0.2, -0.15) is 4.31 Å². The number of nitrogen functional groups attached to an aromatic ring is 1. The molecule has 1 fully saturated rings. The van der Waals surface area contributed by atoms with E-state index >= 15 is 0 Å². The van der Waals surface area contributed by atoms with Crippen molar-refractivity contribution in [2.75, 3.05) is 25.4 Å². The molecule has 1 aromatic carbocycles. The van der Waals surface area contributed by atoms with Crippen LogP contribution < -0.4 is 5.73 Å². The maximum Gasteiger partial charge on any atom is 0.291 e. The van der Waals surface area contributed by atoms with E-state index in [1.165, 1.54) is 16.4 Å². The minimum Gasteiger partial charge on any atom is -0.399 e. The van der Waals surface area contributed by atoms with Crippen LogP contribution in [0.3, 0.4) is 0 Å². The second kappa shape index (κ2) is 5.96. The van der Waals surface area contributed by atoms with Crippen LogP contribution in [0.1, 0.15) is 13.3 Å². The molecule has 21 heavy (non-hydrogen) atoms. The van der Waals surface area contributed by atoms with Gasteiger partial charge in [0.05, 0.1) is 11.0 Å². The molecule has 0 bridgehead atoms. The Bertz CT molecular complexity index is 646. The quantitative estimate of drug-likeness (QED) is 0.505. The van der Waals surface area contributed by atoms with E-state index in [2.05, 4.69) is 0 Å². The summed E-state index contributed by atoms with van der Waals surface area (Å²) in [4.78, 5) is 10.0. The van der Waals surface area contributed by atoms with E-state index in [4.69, 9.17) is 10.5 Å². The van der Waals surface area contributed by atoms with Gasteiger partial charge in [0.2, 0.25) is 10.0 Å². The average Bonchev–Trinajstić information content (AvgIpc) is 2.63. The normalized spacial score (nSPS) is 20.9. The number of nitrogens with two attached hydrogens (primary N) is 1. The zero-order valence-electron chi connectivity index (χ0n) is 11.6. The molecule has 0 aromatic heterocycles. The molecule has 1 heterocycles. The van der Waals surface area contributed by atoms with Gasteiger partial charge in [-0.1, -0.05) is 0 Å². The molecule has 1 saturated heterocycles. The van der Waals surface area contributed by atoms with Gasteiger partial charge in [0, 0.05) is 31.5 Å². The van der Waals surface area contributed by atoms with Gasteiger partial charge >= 0.3 is 0 Å². The highest BCUT2D eigenvalue weighted by atomic mass is 32.2. The minimum absolute atomic E-state index is 0.146. The summed E-state index contributed by atoms with van der Waals surface area (Å²) >= 11 is 0. The van der Waals surface area contributed by atoms with Crippen LogP contribution in [-0.2, 0) is 14.8 Å². The fraction of sp³-hybridized carbons (Fsp3) is 0.500. The predicted octanol–water partition coefficient (Wildman–Crippen LogP) is 0.977. The molecule has 0 spiro atoms. The highest BCUT2D eigenvalue weighted by Crippen LogP contribution is 2.29. The van der Waals surface area contributed by atoms with Gasteiger partial charge in [-0.3, -0.25) is 10.1 Å². The third-order valence-corrected chi connectivity index (χ3v) is 5.12. The first-order chi connectivity index (χ1) is 9.82. The lowest BCUT2D eigenvalue weighted by Gasteiger charge is -2.21. The molecule has 0 saturated carbocycles. The predicted molar refractivity (Wildman–Crippen MR) is 76.3 cm³/mol. The molecule has 116 valence electrons. The third kappa shape index (κ3) is 3.31. The van der Waals surface area contributed by atoms with E-state index in [-0.39, 0.29) is 29.8 Å². The molecule has 1 aliphatic heterocycles. The molecular formula is C12H17N3O5S. The number of hydrogen-bond acceptors (Lipinski definition) is 6. The van der Waals surface area contributed by atoms with E-state index in [9.17, 15) is 18.5 Å². The second-order valence-electron chi connectivity index (χ2n) is 4.88. The van der Waals surface area contributed by atoms with Crippen LogP contribution in [0.2, 0.25) is 0 Å². The van der Waals surface area contributed by atoms with Gasteiger partial charge < -0.3 is 10.5 Å². The fourth-order valence-electron chi connectivity index (χ4n) is 2.21. The SMILES string of the molecule is CC1CN(S(=O)(=O)c2ccc(N)cc2[N+](=O)[O-])CCCO1. The summed E-state index contributed by atoms with van der Waals surface area (Å²) in [5.74, 6) is 0. The Hall–Kier alpha value is -1.71. The number of nitro benzene ring substituents is 1. The first kappa shape index (κ1) is 15.7. The maximum absolute atomic E-state index is 12.6. The number of nitro groups is 1. The van der Waals surface area contributed by atoms with Crippen molar-refractivity contribution in [1.82, 2.24) is 4.31 Å². The van der Waals surface area contributed by atoms with Crippen LogP contribution >= 0.6 is 0 Å². The standard InChI is InChI=1S/C12H17N3O5S/c1-9-8-14(5-2-6-20-9)21(18,19)12-4-3-10(13)7-11(12)15(16)17/h3-4,7,9H,2,5-6,8,13H2,1H3. The lowest BCUT2D eigenvalue weighted by atomic mass is 10.3. The zero-order valence-corrected chi connectivity index (χ0v) is 12.4. The Morgan fingerprint density at radius 2 is 2.19 bits per heavy atom. The minimum atomic E-state index is -3.95. The van der Waals surface area contributed by atoms with Gasteiger partial charge in [-0.25, -0.2) is 8.42 Å². The van der Waals surface area contributed by atoms with Gasteiger partial charge in [0.1, 0.15) is 0 Å². The summed E-state index contributed by atoms with van der Waals surface area (Å²) in [7, 11) is -3.95. The number of sulfonamides is 1. The van der Waals surface area contributed by atoms with Crippen molar-refractivity contribution in [3.8, 4) is 0 Å². The molecular weight excluding hydrogens is 298 g/mol. The molecule has 9 heteroatoms. The topological polar surface area (TPSA) is 116 Å². The number of hydrogen-bond donors (Lipinski definition) is 1. The number of rotatable bonds is 3. The molecule has 2 rings (SSSR count). The first-order valence-corrected chi connectivity index (χ1v) is 7.92. The Balaban J connectivity index is 2.46. The van der Waals surface area contributed by atoms with Crippen molar-refractivity contribution in [2.24, 2.45) is 0 Å². The summed E-state index contributed by atoms with van der Waals surface area (Å²) in [6.45, 7) is 2.68. The summed E-state index contributed by atoms with van der Waals surface area (Å²) in [6.07, 6.45) is 0.293. The average molecular weight is 315 g/mol. The molecule has 1 unspecified atom stereocenters. The highest BCUT2D eigenvalue weighted by Gasteiger charge is 2.33. The molecule has 0 amide bonds. The van der Waals surface area contributed by atoms with Gasteiger partial charge in [-0.15, -0.1) is 0 Å². The van der Waals surface area contributed by atoms with Gasteiger partial charge in [0.15, 0.2) is 4.90 Å². The molecule has 0 aliphatic carbocycles. The van der Waals surface area contributed by atoms with Crippen LogP contribution in [0.4, 0.5) is 11.4 Å². The highest BCUT2D eigenvalue weighted by molar-refractivity contribution is 7.89. The number of nitrogens with zero attached hydrogens (tertiary/aromatic N) is 2. The van der Waals surface area contributed by atoms with Gasteiger partial charge in [0.25, 0.3) is 5.69 Å². The zero-order chi connectivity index (χ0) is 15.6. The maximum atomic E-state index is 12.6. The van der Waals surface area contributed by atoms with E-state index < -0.39 is 20.6 Å². The van der Waals surface area contributed by atoms with E-state index in [1.807, 2.05) is 0 Å². The van der Waals surface area contributed by atoms with E-state index in [1.54, 1.807) is 6.92 Å². The molecule has 8 nitrogen and oxygen atoms in total. The number of anilines is 1. The summed E-state index contributed by atoms with van der Waals surface area (Å²) in [6, 6.07) is 3.58. The Labute approximate surface area is 122 Å². The Morgan fingerprint density at radius 3 is 2.86 bits per heavy atom. The van der Waals surface area contributed by atoms with Crippen LogP contribution in [0.25, 0.3) is 0 Å².